The van der Waals surface area contributed by atoms with E-state index in [1.807, 2.05) is 38.1 Å². The number of allylic oxidation sites excluding steroid dienone is 3. The number of carbonyl (C=O) groups excluding carboxylic acids is 1. The van der Waals surface area contributed by atoms with Gasteiger partial charge in [-0.2, -0.15) is 5.10 Å². The van der Waals surface area contributed by atoms with E-state index in [9.17, 15) is 4.79 Å². The fourth-order valence-electron chi connectivity index (χ4n) is 2.79. The summed E-state index contributed by atoms with van der Waals surface area (Å²) < 4.78 is 5.55. The van der Waals surface area contributed by atoms with Crippen LogP contribution in [0.15, 0.2) is 53.2 Å². The van der Waals surface area contributed by atoms with Gasteiger partial charge in [-0.1, -0.05) is 51.1 Å². The molecule has 2 rings (SSSR count). The van der Waals surface area contributed by atoms with Crippen LogP contribution in [0.1, 0.15) is 53.0 Å². The van der Waals surface area contributed by atoms with Crippen molar-refractivity contribution in [3.05, 3.63) is 53.6 Å². The lowest BCUT2D eigenvalue weighted by atomic mass is 9.85. The molecule has 1 aromatic carbocycles. The van der Waals surface area contributed by atoms with Crippen molar-refractivity contribution in [1.29, 1.82) is 0 Å². The molecule has 1 atom stereocenters. The fraction of sp³-hybridized carbons (Fsp3) is 0.455. The first-order valence-corrected chi connectivity index (χ1v) is 9.08. The molecule has 1 aliphatic carbocycles. The summed E-state index contributed by atoms with van der Waals surface area (Å²) in [7, 11) is 0. The van der Waals surface area contributed by atoms with Gasteiger partial charge in [-0.25, -0.2) is 5.43 Å². The number of carbonyl (C=O) groups is 1. The van der Waals surface area contributed by atoms with Crippen molar-refractivity contribution in [2.75, 3.05) is 6.61 Å². The molecular weight excluding hydrogens is 324 g/mol. The maximum Gasteiger partial charge on any atom is 0.277 e. The molecule has 0 spiro atoms. The number of hydrazone groups is 1. The van der Waals surface area contributed by atoms with Crippen LogP contribution in [0, 0.1) is 5.92 Å². The van der Waals surface area contributed by atoms with Gasteiger partial charge in [0.2, 0.25) is 0 Å². The number of nitrogens with one attached hydrogen (secondary N) is 1. The highest BCUT2D eigenvalue weighted by Gasteiger charge is 2.19. The van der Waals surface area contributed by atoms with Crippen molar-refractivity contribution in [2.24, 2.45) is 11.0 Å². The molecule has 4 heteroatoms. The second kappa shape index (κ2) is 8.35. The molecule has 1 amide bonds. The first kappa shape index (κ1) is 20.0. The van der Waals surface area contributed by atoms with E-state index >= 15 is 0 Å². The average Bonchev–Trinajstić information content (AvgIpc) is 2.58. The van der Waals surface area contributed by atoms with Crippen LogP contribution < -0.4 is 10.2 Å². The van der Waals surface area contributed by atoms with Gasteiger partial charge in [0, 0.05) is 0 Å². The van der Waals surface area contributed by atoms with E-state index < -0.39 is 0 Å². The lowest BCUT2D eigenvalue weighted by Crippen LogP contribution is -2.27. The molecule has 1 aliphatic rings. The van der Waals surface area contributed by atoms with Crippen LogP contribution in [0.5, 0.6) is 5.75 Å². The summed E-state index contributed by atoms with van der Waals surface area (Å²) in [6, 6.07) is 7.85. The summed E-state index contributed by atoms with van der Waals surface area (Å²) in [4.78, 5) is 12.0. The van der Waals surface area contributed by atoms with Gasteiger partial charge >= 0.3 is 0 Å². The Morgan fingerprint density at radius 2 is 1.96 bits per heavy atom. The van der Waals surface area contributed by atoms with Crippen molar-refractivity contribution in [3.8, 4) is 5.75 Å². The van der Waals surface area contributed by atoms with Crippen LogP contribution >= 0.6 is 0 Å². The highest BCUT2D eigenvalue weighted by molar-refractivity contribution is 6.01. The van der Waals surface area contributed by atoms with Gasteiger partial charge in [0.05, 0.1) is 5.71 Å². The Balaban J connectivity index is 1.88. The highest BCUT2D eigenvalue weighted by Crippen LogP contribution is 2.26. The summed E-state index contributed by atoms with van der Waals surface area (Å²) in [6.07, 6.45) is 3.95. The third-order valence-electron chi connectivity index (χ3n) is 4.71. The predicted molar refractivity (Wildman–Crippen MR) is 108 cm³/mol. The lowest BCUT2D eigenvalue weighted by Gasteiger charge is -2.22. The molecule has 0 aliphatic heterocycles. The second-order valence-corrected chi connectivity index (χ2v) is 8.03. The number of hydrogen-bond donors (Lipinski definition) is 1. The molecule has 0 saturated heterocycles. The Morgan fingerprint density at radius 3 is 2.54 bits per heavy atom. The Kier molecular flexibility index (Phi) is 6.41. The first-order valence-electron chi connectivity index (χ1n) is 9.08. The molecule has 1 N–H and O–H groups in total. The van der Waals surface area contributed by atoms with Crippen molar-refractivity contribution >= 4 is 11.6 Å². The maximum absolute atomic E-state index is 12.0. The van der Waals surface area contributed by atoms with Crippen molar-refractivity contribution in [1.82, 2.24) is 5.43 Å². The van der Waals surface area contributed by atoms with Gasteiger partial charge in [-0.15, -0.1) is 0 Å². The SMILES string of the molecule is C=C(C)C1CC=C(C)C(=NNC(=O)COc2ccc(C(C)(C)C)cc2)C1. The smallest absolute Gasteiger partial charge is 0.277 e. The second-order valence-electron chi connectivity index (χ2n) is 8.03. The van der Waals surface area contributed by atoms with E-state index in [4.69, 9.17) is 4.74 Å². The minimum atomic E-state index is -0.261. The maximum atomic E-state index is 12.0. The van der Waals surface area contributed by atoms with Gasteiger partial charge in [0.15, 0.2) is 6.61 Å². The van der Waals surface area contributed by atoms with E-state index in [0.717, 1.165) is 29.7 Å². The molecular formula is C22H30N2O2. The number of ether oxygens (including phenoxy) is 1. The van der Waals surface area contributed by atoms with Crippen LogP contribution in [-0.4, -0.2) is 18.2 Å². The molecule has 0 bridgehead atoms. The molecule has 0 radical (unpaired) electrons. The molecule has 0 aromatic heterocycles. The number of benzene rings is 1. The number of rotatable bonds is 5. The van der Waals surface area contributed by atoms with E-state index in [1.54, 1.807) is 0 Å². The molecule has 0 heterocycles. The van der Waals surface area contributed by atoms with Crippen molar-refractivity contribution in [3.63, 3.8) is 0 Å². The van der Waals surface area contributed by atoms with E-state index in [2.05, 4.69) is 44.0 Å². The summed E-state index contributed by atoms with van der Waals surface area (Å²) in [6.45, 7) is 14.5. The van der Waals surface area contributed by atoms with Gasteiger partial charge in [0.25, 0.3) is 5.91 Å². The lowest BCUT2D eigenvalue weighted by molar-refractivity contribution is -0.123. The molecule has 1 aromatic rings. The summed E-state index contributed by atoms with van der Waals surface area (Å²) in [5.74, 6) is 0.812. The van der Waals surface area contributed by atoms with Crippen molar-refractivity contribution in [2.45, 2.75) is 52.9 Å². The summed E-state index contributed by atoms with van der Waals surface area (Å²) in [5, 5.41) is 4.28. The molecule has 4 nitrogen and oxygen atoms in total. The summed E-state index contributed by atoms with van der Waals surface area (Å²) >= 11 is 0. The van der Waals surface area contributed by atoms with Crippen LogP contribution in [0.4, 0.5) is 0 Å². The van der Waals surface area contributed by atoms with Gasteiger partial charge in [-0.3, -0.25) is 4.79 Å². The van der Waals surface area contributed by atoms with E-state index in [1.165, 1.54) is 5.56 Å². The van der Waals surface area contributed by atoms with Gasteiger partial charge < -0.3 is 4.74 Å². The number of nitrogens with zero attached hydrogens (tertiary/aromatic N) is 1. The highest BCUT2D eigenvalue weighted by atomic mass is 16.5. The zero-order valence-electron chi connectivity index (χ0n) is 16.6. The average molecular weight is 354 g/mol. The largest absolute Gasteiger partial charge is 0.484 e. The zero-order chi connectivity index (χ0) is 19.3. The quantitative estimate of drug-likeness (QED) is 0.612. The third-order valence-corrected chi connectivity index (χ3v) is 4.71. The normalized spacial score (nSPS) is 19.0. The monoisotopic (exact) mass is 354 g/mol. The molecule has 140 valence electrons. The van der Waals surface area contributed by atoms with Gasteiger partial charge in [0.1, 0.15) is 5.75 Å². The minimum absolute atomic E-state index is 0.0572. The van der Waals surface area contributed by atoms with Crippen LogP contribution in [0.3, 0.4) is 0 Å². The Morgan fingerprint density at radius 1 is 1.31 bits per heavy atom. The molecule has 0 saturated carbocycles. The fourth-order valence-corrected chi connectivity index (χ4v) is 2.79. The third kappa shape index (κ3) is 5.58. The van der Waals surface area contributed by atoms with Crippen molar-refractivity contribution < 1.29 is 9.53 Å². The topological polar surface area (TPSA) is 50.7 Å². The summed E-state index contributed by atoms with van der Waals surface area (Å²) in [5.41, 5.74) is 7.10. The minimum Gasteiger partial charge on any atom is -0.484 e. The molecule has 0 fully saturated rings. The van der Waals surface area contributed by atoms with Crippen LogP contribution in [0.2, 0.25) is 0 Å². The van der Waals surface area contributed by atoms with Crippen LogP contribution in [-0.2, 0) is 10.2 Å². The Bertz CT molecular complexity index is 722. The standard InChI is InChI=1S/C22H30N2O2/c1-15(2)17-8-7-16(3)20(13-17)23-24-21(25)14-26-19-11-9-18(10-12-19)22(4,5)6/h7,9-12,17H,1,8,13-14H2,2-6H3,(H,24,25). The number of hydrogen-bond acceptors (Lipinski definition) is 3. The molecule has 26 heavy (non-hydrogen) atoms. The van der Waals surface area contributed by atoms with E-state index in [0.29, 0.717) is 11.7 Å². The van der Waals surface area contributed by atoms with Gasteiger partial charge in [-0.05, 0) is 61.3 Å². The molecule has 1 unspecified atom stereocenters. The Labute approximate surface area is 157 Å². The first-order chi connectivity index (χ1) is 12.2. The Hall–Kier alpha value is -2.36. The zero-order valence-corrected chi connectivity index (χ0v) is 16.6. The predicted octanol–water partition coefficient (Wildman–Crippen LogP) is 4.77. The van der Waals surface area contributed by atoms with Crippen LogP contribution in [0.25, 0.3) is 0 Å². The number of amides is 1. The van der Waals surface area contributed by atoms with E-state index in [-0.39, 0.29) is 17.9 Å².